The van der Waals surface area contributed by atoms with Crippen LogP contribution in [0.1, 0.15) is 25.5 Å². The lowest BCUT2D eigenvalue weighted by Crippen LogP contribution is -2.26. The summed E-state index contributed by atoms with van der Waals surface area (Å²) in [7, 11) is 1.30. The number of nitrogens with two attached hydrogens (primary N) is 1. The van der Waals surface area contributed by atoms with Crippen molar-refractivity contribution >= 4 is 28.2 Å². The smallest absolute Gasteiger partial charge is 0.309 e. The molecule has 1 heterocycles. The predicted octanol–water partition coefficient (Wildman–Crippen LogP) is 1.21. The number of rotatable bonds is 4. The number of aromatic nitrogens is 1. The quantitative estimate of drug-likeness (QED) is 0.802. The van der Waals surface area contributed by atoms with Gasteiger partial charge in [-0.3, -0.25) is 9.59 Å². The van der Waals surface area contributed by atoms with Gasteiger partial charge in [-0.15, -0.1) is 11.3 Å². The van der Waals surface area contributed by atoms with Gasteiger partial charge in [0.15, 0.2) is 5.13 Å². The maximum atomic E-state index is 11.5. The van der Waals surface area contributed by atoms with Crippen molar-refractivity contribution in [3.8, 4) is 0 Å². The normalized spacial score (nSPS) is 14.2. The van der Waals surface area contributed by atoms with Gasteiger partial charge in [-0.2, -0.15) is 0 Å². The molecule has 0 fully saturated rings. The number of esters is 1. The molecule has 6 heteroatoms. The molecular formula is C10H14N2O3S. The number of ether oxygens (including phenoxy) is 1. The summed E-state index contributed by atoms with van der Waals surface area (Å²) in [6.45, 7) is 3.08. The Labute approximate surface area is 97.6 Å². The minimum absolute atomic E-state index is 0.122. The topological polar surface area (TPSA) is 82.3 Å². The monoisotopic (exact) mass is 242 g/mol. The Hall–Kier alpha value is -1.43. The van der Waals surface area contributed by atoms with Gasteiger partial charge in [0.05, 0.1) is 24.6 Å². The summed E-state index contributed by atoms with van der Waals surface area (Å²) in [5.41, 5.74) is 6.04. The molecule has 2 atom stereocenters. The zero-order valence-corrected chi connectivity index (χ0v) is 10.2. The predicted molar refractivity (Wildman–Crippen MR) is 61.1 cm³/mol. The van der Waals surface area contributed by atoms with Crippen LogP contribution in [-0.2, 0) is 14.3 Å². The molecule has 1 aromatic rings. The van der Waals surface area contributed by atoms with E-state index in [0.29, 0.717) is 10.8 Å². The maximum absolute atomic E-state index is 11.5. The summed E-state index contributed by atoms with van der Waals surface area (Å²) in [6, 6.07) is 0. The van der Waals surface area contributed by atoms with Crippen LogP contribution in [0.2, 0.25) is 0 Å². The van der Waals surface area contributed by atoms with Crippen LogP contribution in [0.5, 0.6) is 0 Å². The van der Waals surface area contributed by atoms with Gasteiger partial charge in [0.25, 0.3) is 0 Å². The highest BCUT2D eigenvalue weighted by Gasteiger charge is 2.31. The Balaban J connectivity index is 3.00. The molecule has 0 spiro atoms. The second-order valence-electron chi connectivity index (χ2n) is 3.51. The first-order chi connectivity index (χ1) is 7.47. The first-order valence-electron chi connectivity index (χ1n) is 4.76. The van der Waals surface area contributed by atoms with Gasteiger partial charge in [0, 0.05) is 5.38 Å². The zero-order valence-electron chi connectivity index (χ0n) is 9.39. The van der Waals surface area contributed by atoms with Crippen molar-refractivity contribution in [1.29, 1.82) is 0 Å². The number of nitrogen functional groups attached to an aromatic ring is 1. The Morgan fingerprint density at radius 3 is 2.56 bits per heavy atom. The highest BCUT2D eigenvalue weighted by atomic mass is 32.1. The minimum atomic E-state index is -0.582. The van der Waals surface area contributed by atoms with Gasteiger partial charge in [0.2, 0.25) is 0 Å². The molecule has 0 saturated heterocycles. The van der Waals surface area contributed by atoms with E-state index in [1.807, 2.05) is 0 Å². The van der Waals surface area contributed by atoms with Crippen molar-refractivity contribution in [3.63, 3.8) is 0 Å². The lowest BCUT2D eigenvalue weighted by Gasteiger charge is -2.17. The number of hydrogen-bond donors (Lipinski definition) is 1. The number of methoxy groups -OCH3 is 1. The number of hydrogen-bond acceptors (Lipinski definition) is 6. The molecule has 0 aliphatic carbocycles. The van der Waals surface area contributed by atoms with E-state index in [1.165, 1.54) is 25.4 Å². The van der Waals surface area contributed by atoms with Gasteiger partial charge in [-0.05, 0) is 6.92 Å². The summed E-state index contributed by atoms with van der Waals surface area (Å²) in [6.07, 6.45) is 0. The number of thiazole rings is 1. The van der Waals surface area contributed by atoms with Gasteiger partial charge >= 0.3 is 5.97 Å². The maximum Gasteiger partial charge on any atom is 0.309 e. The first kappa shape index (κ1) is 12.6. The van der Waals surface area contributed by atoms with E-state index in [4.69, 9.17) is 5.73 Å². The largest absolute Gasteiger partial charge is 0.469 e. The Bertz CT molecular complexity index is 403. The lowest BCUT2D eigenvalue weighted by molar-refractivity contribution is -0.147. The lowest BCUT2D eigenvalue weighted by atomic mass is 9.88. The third-order valence-corrected chi connectivity index (χ3v) is 3.06. The number of Topliss-reactive ketones (excluding diaryl/α,β-unsaturated/α-hetero) is 1. The van der Waals surface area contributed by atoms with Crippen molar-refractivity contribution in [2.75, 3.05) is 12.8 Å². The fraction of sp³-hybridized carbons (Fsp3) is 0.500. The van der Waals surface area contributed by atoms with Crippen molar-refractivity contribution in [2.24, 2.45) is 5.92 Å². The van der Waals surface area contributed by atoms with Crippen molar-refractivity contribution in [2.45, 2.75) is 19.8 Å². The minimum Gasteiger partial charge on any atom is -0.469 e. The highest BCUT2D eigenvalue weighted by Crippen LogP contribution is 2.28. The highest BCUT2D eigenvalue weighted by molar-refractivity contribution is 7.13. The summed E-state index contributed by atoms with van der Waals surface area (Å²) < 4.78 is 4.62. The number of nitrogens with zero attached hydrogens (tertiary/aromatic N) is 1. The van der Waals surface area contributed by atoms with Crippen LogP contribution in [-0.4, -0.2) is 23.8 Å². The van der Waals surface area contributed by atoms with E-state index in [9.17, 15) is 9.59 Å². The van der Waals surface area contributed by atoms with Crippen LogP contribution in [0.3, 0.4) is 0 Å². The average molecular weight is 242 g/mol. The molecule has 0 aromatic carbocycles. The molecule has 0 saturated carbocycles. The SMILES string of the molecule is COC(=O)C(C)C(C(C)=O)c1csc(N)n1. The van der Waals surface area contributed by atoms with Gasteiger partial charge in [-0.25, -0.2) is 4.98 Å². The summed E-state index contributed by atoms with van der Waals surface area (Å²) in [5, 5.41) is 2.08. The van der Waals surface area contributed by atoms with Gasteiger partial charge in [-0.1, -0.05) is 6.92 Å². The molecule has 1 aromatic heterocycles. The zero-order chi connectivity index (χ0) is 12.3. The number of carbonyl (C=O) groups excluding carboxylic acids is 2. The Morgan fingerprint density at radius 2 is 2.19 bits per heavy atom. The molecule has 1 rings (SSSR count). The van der Waals surface area contributed by atoms with Gasteiger partial charge < -0.3 is 10.5 Å². The van der Waals surface area contributed by atoms with Crippen LogP contribution in [0, 0.1) is 5.92 Å². The third kappa shape index (κ3) is 2.57. The standard InChI is InChI=1S/C10H14N2O3S/c1-5(9(14)15-3)8(6(2)13)7-4-16-10(11)12-7/h4-5,8H,1-3H3,(H2,11,12). The van der Waals surface area contributed by atoms with Crippen molar-refractivity contribution in [1.82, 2.24) is 4.98 Å². The van der Waals surface area contributed by atoms with E-state index in [1.54, 1.807) is 12.3 Å². The molecule has 0 aliphatic heterocycles. The first-order valence-corrected chi connectivity index (χ1v) is 5.64. The van der Waals surface area contributed by atoms with Crippen LogP contribution >= 0.6 is 11.3 Å². The fourth-order valence-corrected chi connectivity index (χ4v) is 2.18. The molecule has 5 nitrogen and oxygen atoms in total. The molecule has 2 N–H and O–H groups in total. The molecule has 0 bridgehead atoms. The molecule has 0 radical (unpaired) electrons. The van der Waals surface area contributed by atoms with Crippen molar-refractivity contribution < 1.29 is 14.3 Å². The van der Waals surface area contributed by atoms with E-state index in [2.05, 4.69) is 9.72 Å². The number of anilines is 1. The fourth-order valence-electron chi connectivity index (χ4n) is 1.58. The summed E-state index contributed by atoms with van der Waals surface area (Å²) in [5.74, 6) is -1.68. The summed E-state index contributed by atoms with van der Waals surface area (Å²) in [4.78, 5) is 27.0. The van der Waals surface area contributed by atoms with Crippen LogP contribution < -0.4 is 5.73 Å². The molecule has 2 unspecified atom stereocenters. The molecule has 0 aliphatic rings. The van der Waals surface area contributed by atoms with E-state index < -0.39 is 17.8 Å². The second kappa shape index (κ2) is 5.07. The average Bonchev–Trinajstić information content (AvgIpc) is 2.63. The molecule has 0 amide bonds. The van der Waals surface area contributed by atoms with Gasteiger partial charge in [0.1, 0.15) is 5.78 Å². The molecular weight excluding hydrogens is 228 g/mol. The third-order valence-electron chi connectivity index (χ3n) is 2.37. The Morgan fingerprint density at radius 1 is 1.56 bits per heavy atom. The number of carbonyl (C=O) groups is 2. The van der Waals surface area contributed by atoms with E-state index in [0.717, 1.165) is 0 Å². The number of ketones is 1. The van der Waals surface area contributed by atoms with E-state index in [-0.39, 0.29) is 5.78 Å². The summed E-state index contributed by atoms with van der Waals surface area (Å²) >= 11 is 1.25. The molecule has 16 heavy (non-hydrogen) atoms. The van der Waals surface area contributed by atoms with E-state index >= 15 is 0 Å². The van der Waals surface area contributed by atoms with Crippen LogP contribution in [0.4, 0.5) is 5.13 Å². The van der Waals surface area contributed by atoms with Crippen LogP contribution in [0.15, 0.2) is 5.38 Å². The molecule has 88 valence electrons. The van der Waals surface area contributed by atoms with Crippen LogP contribution in [0.25, 0.3) is 0 Å². The Kier molecular flexibility index (Phi) is 4.00. The van der Waals surface area contributed by atoms with Crippen molar-refractivity contribution in [3.05, 3.63) is 11.1 Å². The second-order valence-corrected chi connectivity index (χ2v) is 4.40.